The van der Waals surface area contributed by atoms with Gasteiger partial charge in [0, 0.05) is 19.5 Å². The second-order valence-corrected chi connectivity index (χ2v) is 4.93. The van der Waals surface area contributed by atoms with Crippen LogP contribution in [0.2, 0.25) is 0 Å². The van der Waals surface area contributed by atoms with Gasteiger partial charge < -0.3 is 9.64 Å². The predicted octanol–water partition coefficient (Wildman–Crippen LogP) is 1.93. The van der Waals surface area contributed by atoms with Crippen LogP contribution in [0.15, 0.2) is 16.8 Å². The average Bonchev–Trinajstić information content (AvgIpc) is 2.78. The lowest BCUT2D eigenvalue weighted by Gasteiger charge is -2.31. The Labute approximate surface area is 100 Å². The molecule has 1 fully saturated rings. The van der Waals surface area contributed by atoms with Gasteiger partial charge in [0.25, 0.3) is 0 Å². The summed E-state index contributed by atoms with van der Waals surface area (Å²) in [5, 5.41) is 4.16. The quantitative estimate of drug-likeness (QED) is 0.806. The Morgan fingerprint density at radius 1 is 1.69 bits per heavy atom. The molecular formula is C12H17NO2S. The Kier molecular flexibility index (Phi) is 3.96. The molecule has 0 radical (unpaired) electrons. The van der Waals surface area contributed by atoms with Crippen molar-refractivity contribution in [2.45, 2.75) is 25.9 Å². The minimum Gasteiger partial charge on any atom is -0.375 e. The van der Waals surface area contributed by atoms with E-state index < -0.39 is 0 Å². The van der Waals surface area contributed by atoms with Crippen LogP contribution < -0.4 is 0 Å². The van der Waals surface area contributed by atoms with E-state index in [2.05, 4.69) is 16.8 Å². The third-order valence-electron chi connectivity index (χ3n) is 2.80. The number of ether oxygens (including phenoxy) is 1. The highest BCUT2D eigenvalue weighted by molar-refractivity contribution is 7.07. The summed E-state index contributed by atoms with van der Waals surface area (Å²) < 4.78 is 5.42. The van der Waals surface area contributed by atoms with Gasteiger partial charge in [-0.05, 0) is 35.7 Å². The van der Waals surface area contributed by atoms with E-state index in [0.717, 1.165) is 19.5 Å². The molecule has 0 saturated carbocycles. The van der Waals surface area contributed by atoms with Crippen molar-refractivity contribution in [1.29, 1.82) is 0 Å². The zero-order valence-corrected chi connectivity index (χ0v) is 10.3. The molecule has 0 N–H and O–H groups in total. The minimum absolute atomic E-state index is 0.179. The molecule has 16 heavy (non-hydrogen) atoms. The lowest BCUT2D eigenvalue weighted by Crippen LogP contribution is -2.44. The van der Waals surface area contributed by atoms with E-state index in [9.17, 15) is 4.79 Å². The average molecular weight is 239 g/mol. The number of carbonyl (C=O) groups is 1. The molecule has 1 saturated heterocycles. The van der Waals surface area contributed by atoms with Gasteiger partial charge in [0.15, 0.2) is 0 Å². The summed E-state index contributed by atoms with van der Waals surface area (Å²) >= 11 is 1.68. The van der Waals surface area contributed by atoms with E-state index in [1.54, 1.807) is 11.3 Å². The van der Waals surface area contributed by atoms with Gasteiger partial charge in [0.1, 0.15) is 0 Å². The molecule has 0 aromatic carbocycles. The molecule has 0 bridgehead atoms. The van der Waals surface area contributed by atoms with Crippen molar-refractivity contribution in [3.8, 4) is 0 Å². The molecule has 1 aromatic rings. The van der Waals surface area contributed by atoms with E-state index in [-0.39, 0.29) is 12.0 Å². The largest absolute Gasteiger partial charge is 0.375 e. The Bertz CT molecular complexity index is 337. The summed E-state index contributed by atoms with van der Waals surface area (Å²) in [5.74, 6) is 0.251. The topological polar surface area (TPSA) is 29.5 Å². The summed E-state index contributed by atoms with van der Waals surface area (Å²) in [6.45, 7) is 4.17. The second-order valence-electron chi connectivity index (χ2n) is 4.15. The molecule has 0 aliphatic carbocycles. The van der Waals surface area contributed by atoms with Gasteiger partial charge in [-0.3, -0.25) is 4.79 Å². The fraction of sp³-hybridized carbons (Fsp3) is 0.583. The maximum absolute atomic E-state index is 11.9. The van der Waals surface area contributed by atoms with Crippen molar-refractivity contribution < 1.29 is 9.53 Å². The van der Waals surface area contributed by atoms with Crippen LogP contribution >= 0.6 is 11.3 Å². The Morgan fingerprint density at radius 2 is 2.56 bits per heavy atom. The molecular weight excluding hydrogens is 222 g/mol. The normalized spacial score (nSPS) is 21.1. The number of carbonyl (C=O) groups excluding carboxylic acids is 1. The van der Waals surface area contributed by atoms with Gasteiger partial charge in [0.05, 0.1) is 12.7 Å². The van der Waals surface area contributed by atoms with Gasteiger partial charge in [-0.15, -0.1) is 0 Å². The minimum atomic E-state index is 0.179. The van der Waals surface area contributed by atoms with Gasteiger partial charge >= 0.3 is 0 Å². The summed E-state index contributed by atoms with van der Waals surface area (Å²) in [6, 6.07) is 2.08. The zero-order chi connectivity index (χ0) is 11.4. The number of thiophene rings is 1. The number of hydrogen-bond donors (Lipinski definition) is 0. The standard InChI is InChI=1S/C12H17NO2S/c1-10-8-13(5-6-15-10)12(14)3-2-11-4-7-16-9-11/h4,7,9-10H,2-3,5-6,8H2,1H3. The van der Waals surface area contributed by atoms with E-state index in [1.807, 2.05) is 11.8 Å². The molecule has 88 valence electrons. The summed E-state index contributed by atoms with van der Waals surface area (Å²) in [4.78, 5) is 13.8. The first-order valence-corrected chi connectivity index (χ1v) is 6.60. The molecule has 1 aliphatic rings. The van der Waals surface area contributed by atoms with Crippen molar-refractivity contribution >= 4 is 17.2 Å². The number of hydrogen-bond acceptors (Lipinski definition) is 3. The second kappa shape index (κ2) is 5.46. The van der Waals surface area contributed by atoms with Crippen molar-refractivity contribution in [2.75, 3.05) is 19.7 Å². The van der Waals surface area contributed by atoms with Crippen LogP contribution in [0.1, 0.15) is 18.9 Å². The first kappa shape index (κ1) is 11.6. The van der Waals surface area contributed by atoms with Crippen molar-refractivity contribution in [2.24, 2.45) is 0 Å². The number of nitrogens with zero attached hydrogens (tertiary/aromatic N) is 1. The molecule has 1 unspecified atom stereocenters. The predicted molar refractivity (Wildman–Crippen MR) is 64.6 cm³/mol. The molecule has 3 nitrogen and oxygen atoms in total. The van der Waals surface area contributed by atoms with E-state index in [4.69, 9.17) is 4.74 Å². The molecule has 1 aliphatic heterocycles. The third-order valence-corrected chi connectivity index (χ3v) is 3.53. The molecule has 1 aromatic heterocycles. The fourth-order valence-corrected chi connectivity index (χ4v) is 2.59. The van der Waals surface area contributed by atoms with Gasteiger partial charge in [0.2, 0.25) is 5.91 Å². The summed E-state index contributed by atoms with van der Waals surface area (Å²) in [5.41, 5.74) is 1.26. The Hall–Kier alpha value is -0.870. The maximum Gasteiger partial charge on any atom is 0.223 e. The monoisotopic (exact) mass is 239 g/mol. The van der Waals surface area contributed by atoms with Crippen LogP contribution in [-0.2, 0) is 16.0 Å². The lowest BCUT2D eigenvalue weighted by atomic mass is 10.1. The third kappa shape index (κ3) is 3.06. The van der Waals surface area contributed by atoms with E-state index in [0.29, 0.717) is 13.0 Å². The maximum atomic E-state index is 11.9. The van der Waals surface area contributed by atoms with Crippen molar-refractivity contribution in [3.05, 3.63) is 22.4 Å². The van der Waals surface area contributed by atoms with Gasteiger partial charge in [-0.2, -0.15) is 11.3 Å². The Morgan fingerprint density at radius 3 is 3.25 bits per heavy atom. The first-order valence-electron chi connectivity index (χ1n) is 5.66. The first-order chi connectivity index (χ1) is 7.75. The molecule has 1 atom stereocenters. The van der Waals surface area contributed by atoms with Crippen LogP contribution in [0.25, 0.3) is 0 Å². The van der Waals surface area contributed by atoms with E-state index >= 15 is 0 Å². The van der Waals surface area contributed by atoms with Crippen molar-refractivity contribution in [3.63, 3.8) is 0 Å². The molecule has 4 heteroatoms. The van der Waals surface area contributed by atoms with Crippen LogP contribution in [0.5, 0.6) is 0 Å². The number of morpholine rings is 1. The number of aryl methyl sites for hydroxylation is 1. The van der Waals surface area contributed by atoms with Crippen molar-refractivity contribution in [1.82, 2.24) is 4.90 Å². The fourth-order valence-electron chi connectivity index (χ4n) is 1.89. The van der Waals surface area contributed by atoms with Gasteiger partial charge in [-0.1, -0.05) is 0 Å². The summed E-state index contributed by atoms with van der Waals surface area (Å²) in [6.07, 6.45) is 1.65. The zero-order valence-electron chi connectivity index (χ0n) is 9.52. The highest BCUT2D eigenvalue weighted by atomic mass is 32.1. The summed E-state index contributed by atoms with van der Waals surface area (Å²) in [7, 11) is 0. The Balaban J connectivity index is 1.79. The molecule has 2 rings (SSSR count). The SMILES string of the molecule is CC1CN(C(=O)CCc2ccsc2)CCO1. The van der Waals surface area contributed by atoms with Crippen LogP contribution in [-0.4, -0.2) is 36.6 Å². The number of amides is 1. The lowest BCUT2D eigenvalue weighted by molar-refractivity contribution is -0.138. The van der Waals surface area contributed by atoms with Gasteiger partial charge in [-0.25, -0.2) is 0 Å². The molecule has 2 heterocycles. The van der Waals surface area contributed by atoms with E-state index in [1.165, 1.54) is 5.56 Å². The number of rotatable bonds is 3. The molecule has 0 spiro atoms. The smallest absolute Gasteiger partial charge is 0.223 e. The molecule has 1 amide bonds. The van der Waals surface area contributed by atoms with Crippen LogP contribution in [0.3, 0.4) is 0 Å². The van der Waals surface area contributed by atoms with Crippen LogP contribution in [0, 0.1) is 0 Å². The highest BCUT2D eigenvalue weighted by Crippen LogP contribution is 2.11. The highest BCUT2D eigenvalue weighted by Gasteiger charge is 2.20. The van der Waals surface area contributed by atoms with Crippen LogP contribution in [0.4, 0.5) is 0 Å².